The average Bonchev–Trinajstić information content (AvgIpc) is 2.29. The fraction of sp³-hybridized carbons (Fsp3) is 0.462. The number of carbonyl (C=O) groups is 1. The van der Waals surface area contributed by atoms with Gasteiger partial charge in [-0.1, -0.05) is 20.3 Å². The molecule has 0 aromatic heterocycles. The summed E-state index contributed by atoms with van der Waals surface area (Å²) in [4.78, 5) is 11.8. The molecular weight excluding hydrogens is 216 g/mol. The van der Waals surface area contributed by atoms with Crippen molar-refractivity contribution in [2.45, 2.75) is 26.7 Å². The van der Waals surface area contributed by atoms with Gasteiger partial charge in [0.25, 0.3) is 0 Å². The van der Waals surface area contributed by atoms with Crippen LogP contribution in [0.5, 0.6) is 5.75 Å². The highest BCUT2D eigenvalue weighted by atomic mass is 16.5. The van der Waals surface area contributed by atoms with Gasteiger partial charge in [-0.2, -0.15) is 0 Å². The van der Waals surface area contributed by atoms with Crippen molar-refractivity contribution in [3.05, 3.63) is 18.2 Å². The average molecular weight is 236 g/mol. The summed E-state index contributed by atoms with van der Waals surface area (Å²) in [6.07, 6.45) is 1.89. The second kappa shape index (κ2) is 6.13. The van der Waals surface area contributed by atoms with Crippen molar-refractivity contribution in [2.24, 2.45) is 5.92 Å². The van der Waals surface area contributed by atoms with E-state index in [1.165, 1.54) is 0 Å². The fourth-order valence-electron chi connectivity index (χ4n) is 1.64. The number of hydrogen-bond acceptors (Lipinski definition) is 3. The first-order chi connectivity index (χ1) is 8.08. The van der Waals surface area contributed by atoms with E-state index in [2.05, 4.69) is 12.2 Å². The summed E-state index contributed by atoms with van der Waals surface area (Å²) in [5.41, 5.74) is 6.99. The van der Waals surface area contributed by atoms with E-state index in [0.717, 1.165) is 12.8 Å². The molecule has 0 saturated heterocycles. The number of hydrogen-bond donors (Lipinski definition) is 2. The van der Waals surface area contributed by atoms with Gasteiger partial charge in [-0.3, -0.25) is 4.79 Å². The Labute approximate surface area is 102 Å². The molecule has 1 amide bonds. The molecule has 0 heterocycles. The quantitative estimate of drug-likeness (QED) is 0.772. The Morgan fingerprint density at radius 1 is 1.53 bits per heavy atom. The molecule has 1 unspecified atom stereocenters. The number of nitrogens with two attached hydrogens (primary N) is 1. The van der Waals surface area contributed by atoms with E-state index in [1.807, 2.05) is 6.92 Å². The van der Waals surface area contributed by atoms with Crippen molar-refractivity contribution in [1.82, 2.24) is 0 Å². The summed E-state index contributed by atoms with van der Waals surface area (Å²) < 4.78 is 5.05. The molecule has 4 nitrogen and oxygen atoms in total. The Hall–Kier alpha value is -1.71. The van der Waals surface area contributed by atoms with Crippen LogP contribution in [0.2, 0.25) is 0 Å². The number of rotatable bonds is 5. The van der Waals surface area contributed by atoms with Crippen LogP contribution in [0.1, 0.15) is 26.7 Å². The number of nitrogen functional groups attached to an aromatic ring is 1. The van der Waals surface area contributed by atoms with Crippen LogP contribution in [0.4, 0.5) is 11.4 Å². The first-order valence-electron chi connectivity index (χ1n) is 5.82. The van der Waals surface area contributed by atoms with Crippen LogP contribution in [-0.4, -0.2) is 13.0 Å². The lowest BCUT2D eigenvalue weighted by Gasteiger charge is -2.12. The van der Waals surface area contributed by atoms with Crippen LogP contribution in [0.25, 0.3) is 0 Å². The van der Waals surface area contributed by atoms with Gasteiger partial charge in [-0.15, -0.1) is 0 Å². The maximum Gasteiger partial charge on any atom is 0.227 e. The zero-order valence-electron chi connectivity index (χ0n) is 10.6. The Kier molecular flexibility index (Phi) is 4.82. The van der Waals surface area contributed by atoms with Crippen LogP contribution < -0.4 is 15.8 Å². The second-order valence-electron chi connectivity index (χ2n) is 4.14. The molecule has 0 saturated carbocycles. The first kappa shape index (κ1) is 13.4. The predicted octanol–water partition coefficient (Wildman–Crippen LogP) is 2.65. The molecule has 0 aliphatic rings. The van der Waals surface area contributed by atoms with Crippen molar-refractivity contribution >= 4 is 17.3 Å². The monoisotopic (exact) mass is 236 g/mol. The van der Waals surface area contributed by atoms with Crippen molar-refractivity contribution in [3.63, 3.8) is 0 Å². The topological polar surface area (TPSA) is 64.3 Å². The molecule has 4 heteroatoms. The van der Waals surface area contributed by atoms with E-state index in [-0.39, 0.29) is 11.8 Å². The van der Waals surface area contributed by atoms with Crippen LogP contribution in [-0.2, 0) is 4.79 Å². The van der Waals surface area contributed by atoms with E-state index >= 15 is 0 Å². The molecular formula is C13H20N2O2. The summed E-state index contributed by atoms with van der Waals surface area (Å²) >= 11 is 0. The van der Waals surface area contributed by atoms with E-state index in [1.54, 1.807) is 25.3 Å². The zero-order chi connectivity index (χ0) is 12.8. The molecule has 0 spiro atoms. The Morgan fingerprint density at radius 3 is 2.76 bits per heavy atom. The van der Waals surface area contributed by atoms with Gasteiger partial charge < -0.3 is 15.8 Å². The highest BCUT2D eigenvalue weighted by Crippen LogP contribution is 2.24. The van der Waals surface area contributed by atoms with Gasteiger partial charge in [0, 0.05) is 11.6 Å². The minimum atomic E-state index is 0.0170. The number of benzene rings is 1. The third kappa shape index (κ3) is 3.66. The normalized spacial score (nSPS) is 11.9. The largest absolute Gasteiger partial charge is 0.495 e. The molecule has 17 heavy (non-hydrogen) atoms. The fourth-order valence-corrected chi connectivity index (χ4v) is 1.64. The van der Waals surface area contributed by atoms with Crippen molar-refractivity contribution in [1.29, 1.82) is 0 Å². The molecule has 0 bridgehead atoms. The van der Waals surface area contributed by atoms with Crippen molar-refractivity contribution < 1.29 is 9.53 Å². The van der Waals surface area contributed by atoms with Crippen molar-refractivity contribution in [2.75, 3.05) is 18.2 Å². The van der Waals surface area contributed by atoms with Crippen LogP contribution >= 0.6 is 0 Å². The summed E-state index contributed by atoms with van der Waals surface area (Å²) in [5, 5.41) is 2.84. The number of nitrogens with one attached hydrogen (secondary N) is 1. The number of carbonyl (C=O) groups excluding carboxylic acids is 1. The van der Waals surface area contributed by atoms with E-state index in [4.69, 9.17) is 10.5 Å². The molecule has 3 N–H and O–H groups in total. The second-order valence-corrected chi connectivity index (χ2v) is 4.14. The molecule has 0 radical (unpaired) electrons. The third-order valence-corrected chi connectivity index (χ3v) is 2.67. The molecule has 1 aromatic carbocycles. The lowest BCUT2D eigenvalue weighted by Crippen LogP contribution is -2.20. The zero-order valence-corrected chi connectivity index (χ0v) is 10.6. The first-order valence-corrected chi connectivity index (χ1v) is 5.82. The molecule has 94 valence electrons. The van der Waals surface area contributed by atoms with Crippen molar-refractivity contribution in [3.8, 4) is 5.75 Å². The lowest BCUT2D eigenvalue weighted by atomic mass is 10.1. The smallest absolute Gasteiger partial charge is 0.227 e. The number of amides is 1. The van der Waals surface area contributed by atoms with Gasteiger partial charge in [0.1, 0.15) is 5.75 Å². The third-order valence-electron chi connectivity index (χ3n) is 2.67. The van der Waals surface area contributed by atoms with Gasteiger partial charge in [0.05, 0.1) is 12.8 Å². The predicted molar refractivity (Wildman–Crippen MR) is 70.1 cm³/mol. The summed E-state index contributed by atoms with van der Waals surface area (Å²) in [6.45, 7) is 3.99. The molecule has 1 atom stereocenters. The highest BCUT2D eigenvalue weighted by Gasteiger charge is 2.12. The summed E-state index contributed by atoms with van der Waals surface area (Å²) in [7, 11) is 1.56. The maximum atomic E-state index is 11.8. The SMILES string of the molecule is CCCC(C)C(=O)Nc1ccc(OC)c(N)c1. The van der Waals surface area contributed by atoms with E-state index < -0.39 is 0 Å². The Balaban J connectivity index is 2.69. The number of ether oxygens (including phenoxy) is 1. The van der Waals surface area contributed by atoms with Gasteiger partial charge in [-0.05, 0) is 24.6 Å². The van der Waals surface area contributed by atoms with E-state index in [9.17, 15) is 4.79 Å². The summed E-state index contributed by atoms with van der Waals surface area (Å²) in [5.74, 6) is 0.657. The molecule has 1 rings (SSSR count). The van der Waals surface area contributed by atoms with Gasteiger partial charge in [0.15, 0.2) is 0 Å². The van der Waals surface area contributed by atoms with Gasteiger partial charge >= 0.3 is 0 Å². The minimum Gasteiger partial charge on any atom is -0.495 e. The van der Waals surface area contributed by atoms with Gasteiger partial charge in [0.2, 0.25) is 5.91 Å². The molecule has 0 aliphatic heterocycles. The maximum absolute atomic E-state index is 11.8. The van der Waals surface area contributed by atoms with E-state index in [0.29, 0.717) is 17.1 Å². The Bertz CT molecular complexity index is 391. The Morgan fingerprint density at radius 2 is 2.24 bits per heavy atom. The molecule has 0 aliphatic carbocycles. The molecule has 1 aromatic rings. The van der Waals surface area contributed by atoms with Gasteiger partial charge in [-0.25, -0.2) is 0 Å². The highest BCUT2D eigenvalue weighted by molar-refractivity contribution is 5.92. The summed E-state index contributed by atoms with van der Waals surface area (Å²) in [6, 6.07) is 5.23. The standard InChI is InChI=1S/C13H20N2O2/c1-4-5-9(2)13(16)15-10-6-7-12(17-3)11(14)8-10/h6-9H,4-5,14H2,1-3H3,(H,15,16). The minimum absolute atomic E-state index is 0.0170. The number of methoxy groups -OCH3 is 1. The van der Waals surface area contributed by atoms with Crippen LogP contribution in [0, 0.1) is 5.92 Å². The molecule has 0 fully saturated rings. The van der Waals surface area contributed by atoms with Crippen LogP contribution in [0.15, 0.2) is 18.2 Å². The number of anilines is 2. The lowest BCUT2D eigenvalue weighted by molar-refractivity contribution is -0.119. The van der Waals surface area contributed by atoms with Crippen LogP contribution in [0.3, 0.4) is 0 Å².